The zero-order valence-electron chi connectivity index (χ0n) is 11.6. The quantitative estimate of drug-likeness (QED) is 0.746. The van der Waals surface area contributed by atoms with Crippen molar-refractivity contribution in [1.29, 1.82) is 0 Å². The number of ether oxygens (including phenoxy) is 1. The lowest BCUT2D eigenvalue weighted by molar-refractivity contribution is -0.143. The summed E-state index contributed by atoms with van der Waals surface area (Å²) in [6.45, 7) is 2.07. The van der Waals surface area contributed by atoms with Crippen LogP contribution >= 0.6 is 0 Å². The summed E-state index contributed by atoms with van der Waals surface area (Å²) in [7, 11) is 0. The molecule has 1 aliphatic carbocycles. The Kier molecular flexibility index (Phi) is 5.19. The van der Waals surface area contributed by atoms with Crippen molar-refractivity contribution in [2.45, 2.75) is 57.5 Å². The molecule has 0 aromatic carbocycles. The Bertz CT molecular complexity index is 333. The van der Waals surface area contributed by atoms with Gasteiger partial charge in [-0.2, -0.15) is 0 Å². The van der Waals surface area contributed by atoms with Gasteiger partial charge in [0.15, 0.2) is 0 Å². The first-order chi connectivity index (χ1) is 9.20. The van der Waals surface area contributed by atoms with Gasteiger partial charge in [0.25, 0.3) is 0 Å². The molecule has 108 valence electrons. The predicted molar refractivity (Wildman–Crippen MR) is 71.5 cm³/mol. The molecule has 1 amide bonds. The Morgan fingerprint density at radius 2 is 2.00 bits per heavy atom. The summed E-state index contributed by atoms with van der Waals surface area (Å²) in [6.07, 6.45) is 7.03. The van der Waals surface area contributed by atoms with Gasteiger partial charge in [0.2, 0.25) is 5.91 Å². The fourth-order valence-corrected chi connectivity index (χ4v) is 3.20. The van der Waals surface area contributed by atoms with E-state index >= 15 is 0 Å². The molecule has 0 bridgehead atoms. The lowest BCUT2D eigenvalue weighted by Gasteiger charge is -2.39. The topological polar surface area (TPSA) is 67.4 Å². The van der Waals surface area contributed by atoms with Crippen molar-refractivity contribution >= 4 is 11.9 Å². The van der Waals surface area contributed by atoms with Gasteiger partial charge in [-0.1, -0.05) is 12.8 Å². The molecule has 2 N–H and O–H groups in total. The van der Waals surface area contributed by atoms with E-state index in [0.29, 0.717) is 12.6 Å². The fourth-order valence-electron chi connectivity index (χ4n) is 3.20. The maximum absolute atomic E-state index is 12.0. The van der Waals surface area contributed by atoms with Crippen molar-refractivity contribution < 1.29 is 14.3 Å². The molecule has 0 radical (unpaired) electrons. The van der Waals surface area contributed by atoms with Crippen molar-refractivity contribution in [3.63, 3.8) is 0 Å². The molecule has 1 saturated heterocycles. The largest absolute Gasteiger partial charge is 0.465 e. The highest BCUT2D eigenvalue weighted by atomic mass is 16.5. The van der Waals surface area contributed by atoms with Gasteiger partial charge in [0, 0.05) is 6.04 Å². The smallest absolute Gasteiger partial charge is 0.325 e. The van der Waals surface area contributed by atoms with Crippen LogP contribution in [0.5, 0.6) is 0 Å². The zero-order valence-corrected chi connectivity index (χ0v) is 11.6. The highest BCUT2D eigenvalue weighted by molar-refractivity contribution is 5.85. The summed E-state index contributed by atoms with van der Waals surface area (Å²) >= 11 is 0. The first-order valence-electron chi connectivity index (χ1n) is 7.40. The number of esters is 1. The molecular formula is C14H24N2O3. The third kappa shape index (κ3) is 3.93. The minimum absolute atomic E-state index is 0.0288. The van der Waals surface area contributed by atoms with Gasteiger partial charge in [-0.25, -0.2) is 0 Å². The highest BCUT2D eigenvalue weighted by Crippen LogP contribution is 2.32. The van der Waals surface area contributed by atoms with E-state index in [9.17, 15) is 9.59 Å². The number of fused-ring (bicyclic) bond motifs is 1. The van der Waals surface area contributed by atoms with Gasteiger partial charge in [-0.15, -0.1) is 0 Å². The van der Waals surface area contributed by atoms with Gasteiger partial charge >= 0.3 is 5.97 Å². The van der Waals surface area contributed by atoms with E-state index in [4.69, 9.17) is 4.74 Å². The van der Waals surface area contributed by atoms with Gasteiger partial charge in [0.1, 0.15) is 6.54 Å². The summed E-state index contributed by atoms with van der Waals surface area (Å²) in [4.78, 5) is 23.2. The molecule has 0 aromatic rings. The first kappa shape index (κ1) is 14.3. The van der Waals surface area contributed by atoms with Gasteiger partial charge in [-0.3, -0.25) is 9.59 Å². The van der Waals surface area contributed by atoms with Crippen molar-refractivity contribution in [3.8, 4) is 0 Å². The van der Waals surface area contributed by atoms with Crippen molar-refractivity contribution in [1.82, 2.24) is 10.6 Å². The maximum atomic E-state index is 12.0. The van der Waals surface area contributed by atoms with E-state index in [2.05, 4.69) is 10.6 Å². The second kappa shape index (κ2) is 6.89. The molecule has 2 rings (SSSR count). The standard InChI is InChI=1S/C14H24N2O3/c1-2-19-13(17)9-15-14(18)12-8-7-10-5-3-4-6-11(10)16-12/h10-12,16H,2-9H2,1H3,(H,15,18). The van der Waals surface area contributed by atoms with Crippen LogP contribution < -0.4 is 10.6 Å². The molecular weight excluding hydrogens is 244 g/mol. The Morgan fingerprint density at radius 3 is 2.79 bits per heavy atom. The van der Waals surface area contributed by atoms with Crippen LogP contribution in [0.1, 0.15) is 45.4 Å². The average Bonchev–Trinajstić information content (AvgIpc) is 2.44. The summed E-state index contributed by atoms with van der Waals surface area (Å²) in [6, 6.07) is 0.342. The van der Waals surface area contributed by atoms with Crippen molar-refractivity contribution in [3.05, 3.63) is 0 Å². The number of carbonyl (C=O) groups excluding carboxylic acids is 2. The van der Waals surface area contributed by atoms with E-state index < -0.39 is 0 Å². The second-order valence-electron chi connectivity index (χ2n) is 5.47. The summed E-state index contributed by atoms with van der Waals surface area (Å²) < 4.78 is 4.79. The maximum Gasteiger partial charge on any atom is 0.325 e. The molecule has 2 aliphatic rings. The fraction of sp³-hybridized carbons (Fsp3) is 0.857. The Labute approximate surface area is 114 Å². The number of piperidine rings is 1. The number of hydrogen-bond donors (Lipinski definition) is 2. The number of rotatable bonds is 4. The zero-order chi connectivity index (χ0) is 13.7. The van der Waals surface area contributed by atoms with Crippen LogP contribution in [0.4, 0.5) is 0 Å². The van der Waals surface area contributed by atoms with Gasteiger partial charge < -0.3 is 15.4 Å². The molecule has 19 heavy (non-hydrogen) atoms. The number of nitrogens with one attached hydrogen (secondary N) is 2. The van der Waals surface area contributed by atoms with Crippen LogP contribution in [0.3, 0.4) is 0 Å². The molecule has 1 saturated carbocycles. The van der Waals surface area contributed by atoms with Crippen LogP contribution in [0.15, 0.2) is 0 Å². The number of hydrogen-bond acceptors (Lipinski definition) is 4. The van der Waals surface area contributed by atoms with Crippen molar-refractivity contribution in [2.24, 2.45) is 5.92 Å². The minimum atomic E-state index is -0.373. The van der Waals surface area contributed by atoms with Crippen LogP contribution in [-0.2, 0) is 14.3 Å². The normalized spacial score (nSPS) is 30.3. The molecule has 1 aliphatic heterocycles. The SMILES string of the molecule is CCOC(=O)CNC(=O)C1CCC2CCCCC2N1. The van der Waals surface area contributed by atoms with E-state index in [0.717, 1.165) is 18.8 Å². The second-order valence-corrected chi connectivity index (χ2v) is 5.47. The summed E-state index contributed by atoms with van der Waals surface area (Å²) in [5.74, 6) is 0.294. The predicted octanol–water partition coefficient (Wildman–Crippen LogP) is 0.976. The number of carbonyl (C=O) groups is 2. The van der Waals surface area contributed by atoms with Crippen molar-refractivity contribution in [2.75, 3.05) is 13.2 Å². The first-order valence-corrected chi connectivity index (χ1v) is 7.40. The number of amides is 1. The average molecular weight is 268 g/mol. The molecule has 1 heterocycles. The van der Waals surface area contributed by atoms with Crippen LogP contribution in [0.2, 0.25) is 0 Å². The lowest BCUT2D eigenvalue weighted by atomic mass is 9.77. The Hall–Kier alpha value is -1.10. The van der Waals surface area contributed by atoms with Crippen LogP contribution in [0.25, 0.3) is 0 Å². The van der Waals surface area contributed by atoms with Gasteiger partial charge in [0.05, 0.1) is 12.6 Å². The van der Waals surface area contributed by atoms with E-state index in [1.165, 1.54) is 25.7 Å². The third-order valence-corrected chi connectivity index (χ3v) is 4.18. The molecule has 0 aromatic heterocycles. The molecule has 3 atom stereocenters. The van der Waals surface area contributed by atoms with Crippen LogP contribution in [0, 0.1) is 5.92 Å². The third-order valence-electron chi connectivity index (χ3n) is 4.18. The lowest BCUT2D eigenvalue weighted by Crippen LogP contribution is -2.55. The molecule has 5 heteroatoms. The Balaban J connectivity index is 1.75. The molecule has 0 spiro atoms. The molecule has 2 fully saturated rings. The van der Waals surface area contributed by atoms with E-state index in [1.807, 2.05) is 0 Å². The molecule has 5 nitrogen and oxygen atoms in total. The van der Waals surface area contributed by atoms with E-state index in [-0.39, 0.29) is 24.5 Å². The summed E-state index contributed by atoms with van der Waals surface area (Å²) in [5, 5.41) is 6.10. The summed E-state index contributed by atoms with van der Waals surface area (Å²) in [5.41, 5.74) is 0. The van der Waals surface area contributed by atoms with E-state index in [1.54, 1.807) is 6.92 Å². The monoisotopic (exact) mass is 268 g/mol. The minimum Gasteiger partial charge on any atom is -0.465 e. The van der Waals surface area contributed by atoms with Crippen LogP contribution in [-0.4, -0.2) is 37.1 Å². The molecule has 3 unspecified atom stereocenters. The van der Waals surface area contributed by atoms with Gasteiger partial charge in [-0.05, 0) is 38.5 Å². The Morgan fingerprint density at radius 1 is 1.21 bits per heavy atom. The highest BCUT2D eigenvalue weighted by Gasteiger charge is 2.34.